The average molecular weight is 315 g/mol. The number of hydrogen-bond acceptors (Lipinski definition) is 5. The molecular formula is C15H22FNO5. The van der Waals surface area contributed by atoms with Crippen LogP contribution < -0.4 is 0 Å². The summed E-state index contributed by atoms with van der Waals surface area (Å²) >= 11 is 0. The Kier molecular flexibility index (Phi) is 4.11. The molecule has 0 aromatic rings. The minimum absolute atomic E-state index is 0.117. The van der Waals surface area contributed by atoms with Crippen molar-refractivity contribution in [1.82, 2.24) is 4.90 Å². The Balaban J connectivity index is 1.76. The van der Waals surface area contributed by atoms with Crippen LogP contribution in [0.1, 0.15) is 19.8 Å². The SMILES string of the molecule is CCOC(=O)C1(F)CN(C(=O)C2CCCOC2)CC12COC2. The van der Waals surface area contributed by atoms with Gasteiger partial charge in [0.05, 0.1) is 44.3 Å². The molecule has 0 aromatic heterocycles. The number of likely N-dealkylation sites (tertiary alicyclic amines) is 1. The number of nitrogens with zero attached hydrogens (tertiary/aromatic N) is 1. The summed E-state index contributed by atoms with van der Waals surface area (Å²) in [5.41, 5.74) is -3.13. The predicted octanol–water partition coefficient (Wildman–Crippen LogP) is 0.543. The van der Waals surface area contributed by atoms with E-state index in [0.717, 1.165) is 12.8 Å². The molecule has 22 heavy (non-hydrogen) atoms. The number of hydrogen-bond donors (Lipinski definition) is 0. The topological polar surface area (TPSA) is 65.1 Å². The second-order valence-corrected chi connectivity index (χ2v) is 6.40. The molecule has 3 saturated heterocycles. The van der Waals surface area contributed by atoms with E-state index in [1.807, 2.05) is 0 Å². The van der Waals surface area contributed by atoms with E-state index in [9.17, 15) is 9.59 Å². The van der Waals surface area contributed by atoms with Gasteiger partial charge in [0.25, 0.3) is 0 Å². The van der Waals surface area contributed by atoms with Gasteiger partial charge in [-0.3, -0.25) is 4.79 Å². The minimum Gasteiger partial charge on any atom is -0.464 e. The van der Waals surface area contributed by atoms with Gasteiger partial charge in [0.1, 0.15) is 0 Å². The van der Waals surface area contributed by atoms with E-state index in [1.165, 1.54) is 4.90 Å². The molecule has 3 heterocycles. The van der Waals surface area contributed by atoms with Crippen LogP contribution in [-0.2, 0) is 23.8 Å². The van der Waals surface area contributed by atoms with Gasteiger partial charge in [-0.05, 0) is 19.8 Å². The molecular weight excluding hydrogens is 293 g/mol. The molecule has 0 N–H and O–H groups in total. The van der Waals surface area contributed by atoms with Crippen molar-refractivity contribution in [3.8, 4) is 0 Å². The quantitative estimate of drug-likeness (QED) is 0.711. The normalized spacial score (nSPS) is 33.5. The third-order valence-corrected chi connectivity index (χ3v) is 4.92. The van der Waals surface area contributed by atoms with Crippen LogP contribution in [0.25, 0.3) is 0 Å². The molecule has 0 aromatic carbocycles. The Hall–Kier alpha value is -1.21. The maximum absolute atomic E-state index is 15.4. The number of amides is 1. The molecule has 3 aliphatic heterocycles. The molecule has 1 amide bonds. The highest BCUT2D eigenvalue weighted by molar-refractivity contribution is 5.86. The van der Waals surface area contributed by atoms with Crippen LogP contribution in [0.5, 0.6) is 0 Å². The van der Waals surface area contributed by atoms with Crippen LogP contribution in [0.15, 0.2) is 0 Å². The molecule has 0 saturated carbocycles. The molecule has 0 aliphatic carbocycles. The standard InChI is InChI=1S/C15H22FNO5/c1-2-22-13(19)15(16)8-17(7-14(15)9-21-10-14)12(18)11-4-3-5-20-6-11/h11H,2-10H2,1H3. The first-order valence-electron chi connectivity index (χ1n) is 7.83. The molecule has 2 unspecified atom stereocenters. The third kappa shape index (κ3) is 2.31. The number of halogens is 1. The van der Waals surface area contributed by atoms with Crippen molar-refractivity contribution in [2.45, 2.75) is 25.4 Å². The molecule has 124 valence electrons. The Morgan fingerprint density at radius 2 is 2.09 bits per heavy atom. The van der Waals surface area contributed by atoms with Gasteiger partial charge in [0.2, 0.25) is 11.6 Å². The lowest BCUT2D eigenvalue weighted by Gasteiger charge is -2.43. The van der Waals surface area contributed by atoms with Gasteiger partial charge in [-0.2, -0.15) is 0 Å². The second kappa shape index (κ2) is 5.77. The lowest BCUT2D eigenvalue weighted by atomic mass is 9.74. The van der Waals surface area contributed by atoms with Crippen LogP contribution >= 0.6 is 0 Å². The smallest absolute Gasteiger partial charge is 0.346 e. The maximum atomic E-state index is 15.4. The largest absolute Gasteiger partial charge is 0.464 e. The second-order valence-electron chi connectivity index (χ2n) is 6.40. The highest BCUT2D eigenvalue weighted by Crippen LogP contribution is 2.49. The average Bonchev–Trinajstić information content (AvgIpc) is 2.83. The Morgan fingerprint density at radius 3 is 2.64 bits per heavy atom. The Labute approximate surface area is 128 Å². The van der Waals surface area contributed by atoms with Crippen LogP contribution in [0.3, 0.4) is 0 Å². The highest BCUT2D eigenvalue weighted by Gasteiger charge is 2.68. The molecule has 1 spiro atoms. The zero-order valence-electron chi connectivity index (χ0n) is 12.8. The summed E-state index contributed by atoms with van der Waals surface area (Å²) in [6.45, 7) is 3.05. The van der Waals surface area contributed by atoms with Crippen molar-refractivity contribution < 1.29 is 28.2 Å². The highest BCUT2D eigenvalue weighted by atomic mass is 19.1. The van der Waals surface area contributed by atoms with E-state index < -0.39 is 17.1 Å². The van der Waals surface area contributed by atoms with Gasteiger partial charge >= 0.3 is 5.97 Å². The summed E-state index contributed by atoms with van der Waals surface area (Å²) < 4.78 is 30.8. The van der Waals surface area contributed by atoms with Crippen molar-refractivity contribution in [2.75, 3.05) is 46.1 Å². The van der Waals surface area contributed by atoms with Crippen molar-refractivity contribution in [2.24, 2.45) is 11.3 Å². The molecule has 0 bridgehead atoms. The van der Waals surface area contributed by atoms with Crippen molar-refractivity contribution >= 4 is 11.9 Å². The molecule has 3 aliphatic rings. The van der Waals surface area contributed by atoms with Gasteiger partial charge in [-0.15, -0.1) is 0 Å². The molecule has 0 radical (unpaired) electrons. The van der Waals surface area contributed by atoms with Crippen LogP contribution in [-0.4, -0.2) is 68.6 Å². The summed E-state index contributed by atoms with van der Waals surface area (Å²) in [6, 6.07) is 0. The number of carbonyl (C=O) groups excluding carboxylic acids is 2. The summed E-state index contributed by atoms with van der Waals surface area (Å²) in [4.78, 5) is 26.1. The zero-order valence-corrected chi connectivity index (χ0v) is 12.8. The number of ether oxygens (including phenoxy) is 3. The van der Waals surface area contributed by atoms with Crippen LogP contribution in [0, 0.1) is 11.3 Å². The molecule has 3 fully saturated rings. The van der Waals surface area contributed by atoms with E-state index in [2.05, 4.69) is 0 Å². The van der Waals surface area contributed by atoms with E-state index >= 15 is 4.39 Å². The summed E-state index contributed by atoms with van der Waals surface area (Å²) in [6.07, 6.45) is 1.58. The first-order chi connectivity index (χ1) is 10.5. The molecule has 7 heteroatoms. The van der Waals surface area contributed by atoms with E-state index in [0.29, 0.717) is 13.2 Å². The lowest BCUT2D eigenvalue weighted by Crippen LogP contribution is -2.61. The fourth-order valence-corrected chi connectivity index (χ4v) is 3.52. The number of rotatable bonds is 3. The third-order valence-electron chi connectivity index (χ3n) is 4.92. The summed E-state index contributed by atoms with van der Waals surface area (Å²) in [7, 11) is 0. The van der Waals surface area contributed by atoms with Gasteiger partial charge in [0.15, 0.2) is 0 Å². The first-order valence-corrected chi connectivity index (χ1v) is 7.83. The van der Waals surface area contributed by atoms with Crippen molar-refractivity contribution in [3.05, 3.63) is 0 Å². The summed E-state index contributed by atoms with van der Waals surface area (Å²) in [5, 5.41) is 0. The van der Waals surface area contributed by atoms with Crippen molar-refractivity contribution in [3.63, 3.8) is 0 Å². The monoisotopic (exact) mass is 315 g/mol. The van der Waals surface area contributed by atoms with Gasteiger partial charge in [-0.1, -0.05) is 0 Å². The molecule has 6 nitrogen and oxygen atoms in total. The Bertz CT molecular complexity index is 461. The lowest BCUT2D eigenvalue weighted by molar-refractivity contribution is -0.196. The van der Waals surface area contributed by atoms with Gasteiger partial charge < -0.3 is 19.1 Å². The van der Waals surface area contributed by atoms with E-state index in [-0.39, 0.29) is 44.7 Å². The first kappa shape index (κ1) is 15.7. The number of esters is 1. The maximum Gasteiger partial charge on any atom is 0.346 e. The summed E-state index contributed by atoms with van der Waals surface area (Å²) in [5.74, 6) is -1.25. The fraction of sp³-hybridized carbons (Fsp3) is 0.867. The molecule has 3 rings (SSSR count). The number of carbonyl (C=O) groups is 2. The fourth-order valence-electron chi connectivity index (χ4n) is 3.52. The molecule has 2 atom stereocenters. The van der Waals surface area contributed by atoms with Crippen molar-refractivity contribution in [1.29, 1.82) is 0 Å². The van der Waals surface area contributed by atoms with Gasteiger partial charge in [0, 0.05) is 13.2 Å². The van der Waals surface area contributed by atoms with Gasteiger partial charge in [-0.25, -0.2) is 9.18 Å². The van der Waals surface area contributed by atoms with E-state index in [4.69, 9.17) is 14.2 Å². The number of alkyl halides is 1. The van der Waals surface area contributed by atoms with E-state index in [1.54, 1.807) is 6.92 Å². The Morgan fingerprint density at radius 1 is 1.32 bits per heavy atom. The predicted molar refractivity (Wildman–Crippen MR) is 73.8 cm³/mol. The zero-order chi connectivity index (χ0) is 15.8. The van der Waals surface area contributed by atoms with Crippen LogP contribution in [0.2, 0.25) is 0 Å². The van der Waals surface area contributed by atoms with Crippen LogP contribution in [0.4, 0.5) is 4.39 Å². The minimum atomic E-state index is -2.17.